The number of hydrogen-bond acceptors (Lipinski definition) is 5. The third kappa shape index (κ3) is 4.75. The maximum absolute atomic E-state index is 6.64. The van der Waals surface area contributed by atoms with Crippen LogP contribution in [0, 0.1) is 5.92 Å². The molecule has 1 aliphatic rings. The predicted molar refractivity (Wildman–Crippen MR) is 129 cm³/mol. The monoisotopic (exact) mass is 469 g/mol. The first-order chi connectivity index (χ1) is 14.0. The van der Waals surface area contributed by atoms with Crippen LogP contribution in [-0.2, 0) is 15.6 Å². The molecule has 0 bridgehead atoms. The SMILES string of the molecule is CCC1OC(n2cc(CCO[Si](C)(C)C(C)(C)C)c3c(Cl)nc(SC)nc32)CC1C. The van der Waals surface area contributed by atoms with E-state index in [4.69, 9.17) is 25.7 Å². The summed E-state index contributed by atoms with van der Waals surface area (Å²) in [5.41, 5.74) is 2.01. The van der Waals surface area contributed by atoms with Gasteiger partial charge in [0.2, 0.25) is 0 Å². The zero-order chi connectivity index (χ0) is 22.3. The van der Waals surface area contributed by atoms with E-state index in [1.165, 1.54) is 11.8 Å². The molecule has 3 atom stereocenters. The summed E-state index contributed by atoms with van der Waals surface area (Å²) in [7, 11) is -1.80. The minimum Gasteiger partial charge on any atom is -0.416 e. The fourth-order valence-corrected chi connectivity index (χ4v) is 5.57. The molecule has 0 N–H and O–H groups in total. The molecule has 5 nitrogen and oxygen atoms in total. The Morgan fingerprint density at radius 1 is 1.33 bits per heavy atom. The number of aromatic nitrogens is 3. The summed E-state index contributed by atoms with van der Waals surface area (Å²) in [5, 5.41) is 2.33. The van der Waals surface area contributed by atoms with E-state index in [-0.39, 0.29) is 17.4 Å². The molecule has 30 heavy (non-hydrogen) atoms. The fourth-order valence-electron chi connectivity index (χ4n) is 3.83. The van der Waals surface area contributed by atoms with Crippen molar-refractivity contribution in [3.8, 4) is 0 Å². The smallest absolute Gasteiger partial charge is 0.191 e. The highest BCUT2D eigenvalue weighted by Crippen LogP contribution is 2.40. The van der Waals surface area contributed by atoms with Gasteiger partial charge >= 0.3 is 0 Å². The van der Waals surface area contributed by atoms with Gasteiger partial charge in [-0.1, -0.05) is 58.0 Å². The third-order valence-corrected chi connectivity index (χ3v) is 12.1. The zero-order valence-electron chi connectivity index (χ0n) is 19.6. The van der Waals surface area contributed by atoms with Gasteiger partial charge < -0.3 is 13.7 Å². The largest absolute Gasteiger partial charge is 0.416 e. The van der Waals surface area contributed by atoms with Gasteiger partial charge in [0.1, 0.15) is 17.0 Å². The Morgan fingerprint density at radius 2 is 2.03 bits per heavy atom. The molecule has 3 heterocycles. The van der Waals surface area contributed by atoms with Crippen LogP contribution in [0.5, 0.6) is 0 Å². The molecule has 0 saturated carbocycles. The van der Waals surface area contributed by atoms with Crippen molar-refractivity contribution in [2.45, 2.75) is 89.5 Å². The highest BCUT2D eigenvalue weighted by molar-refractivity contribution is 7.98. The van der Waals surface area contributed by atoms with Crippen molar-refractivity contribution in [2.24, 2.45) is 5.92 Å². The van der Waals surface area contributed by atoms with E-state index in [0.29, 0.717) is 22.8 Å². The highest BCUT2D eigenvalue weighted by Gasteiger charge is 2.37. The van der Waals surface area contributed by atoms with Crippen molar-refractivity contribution in [2.75, 3.05) is 12.9 Å². The average molecular weight is 470 g/mol. The Morgan fingerprint density at radius 3 is 2.60 bits per heavy atom. The van der Waals surface area contributed by atoms with E-state index in [2.05, 4.69) is 63.5 Å². The van der Waals surface area contributed by atoms with E-state index < -0.39 is 8.32 Å². The van der Waals surface area contributed by atoms with E-state index in [1.54, 1.807) is 0 Å². The number of thioether (sulfide) groups is 1. The number of hydrogen-bond donors (Lipinski definition) is 0. The van der Waals surface area contributed by atoms with Crippen LogP contribution in [0.15, 0.2) is 11.4 Å². The molecule has 1 saturated heterocycles. The zero-order valence-corrected chi connectivity index (χ0v) is 22.2. The third-order valence-electron chi connectivity index (χ3n) is 6.76. The molecular formula is C22H36ClN3O2SSi. The maximum Gasteiger partial charge on any atom is 0.191 e. The molecule has 3 unspecified atom stereocenters. The molecular weight excluding hydrogens is 434 g/mol. The summed E-state index contributed by atoms with van der Waals surface area (Å²) < 4.78 is 15.0. The van der Waals surface area contributed by atoms with Crippen molar-refractivity contribution >= 4 is 42.7 Å². The van der Waals surface area contributed by atoms with Crippen molar-refractivity contribution in [1.82, 2.24) is 14.5 Å². The quantitative estimate of drug-likeness (QED) is 0.195. The second-order valence-electron chi connectivity index (χ2n) is 9.87. The van der Waals surface area contributed by atoms with E-state index >= 15 is 0 Å². The molecule has 2 aromatic rings. The lowest BCUT2D eigenvalue weighted by molar-refractivity contribution is -0.00286. The van der Waals surface area contributed by atoms with Gasteiger partial charge in [0.25, 0.3) is 0 Å². The van der Waals surface area contributed by atoms with Crippen molar-refractivity contribution in [3.05, 3.63) is 16.9 Å². The van der Waals surface area contributed by atoms with Gasteiger partial charge in [-0.2, -0.15) is 0 Å². The lowest BCUT2D eigenvalue weighted by Crippen LogP contribution is -2.41. The Balaban J connectivity index is 1.93. The van der Waals surface area contributed by atoms with Crippen LogP contribution in [0.25, 0.3) is 11.0 Å². The second kappa shape index (κ2) is 9.10. The average Bonchev–Trinajstić information content (AvgIpc) is 3.21. The number of ether oxygens (including phenoxy) is 1. The van der Waals surface area contributed by atoms with Crippen molar-refractivity contribution < 1.29 is 9.16 Å². The molecule has 168 valence electrons. The van der Waals surface area contributed by atoms with Gasteiger partial charge in [0.05, 0.1) is 11.5 Å². The van der Waals surface area contributed by atoms with Gasteiger partial charge in [-0.15, -0.1) is 0 Å². The molecule has 8 heteroatoms. The van der Waals surface area contributed by atoms with Gasteiger partial charge in [0, 0.05) is 12.8 Å². The van der Waals surface area contributed by atoms with Gasteiger partial charge in [-0.05, 0) is 55.1 Å². The molecule has 0 aromatic carbocycles. The molecule has 0 aliphatic carbocycles. The van der Waals surface area contributed by atoms with Crippen LogP contribution in [0.2, 0.25) is 23.3 Å². The number of rotatable bonds is 7. The molecule has 0 spiro atoms. The molecule has 0 radical (unpaired) electrons. The lowest BCUT2D eigenvalue weighted by Gasteiger charge is -2.36. The lowest BCUT2D eigenvalue weighted by atomic mass is 10.0. The van der Waals surface area contributed by atoms with Crippen molar-refractivity contribution in [3.63, 3.8) is 0 Å². The normalized spacial score (nSPS) is 22.9. The minimum absolute atomic E-state index is 0.0109. The maximum atomic E-state index is 6.64. The summed E-state index contributed by atoms with van der Waals surface area (Å²) in [6.45, 7) is 16.5. The highest BCUT2D eigenvalue weighted by atomic mass is 35.5. The number of fused-ring (bicyclic) bond motifs is 1. The second-order valence-corrected chi connectivity index (χ2v) is 15.8. The number of halogens is 1. The van der Waals surface area contributed by atoms with Gasteiger partial charge in [-0.25, -0.2) is 9.97 Å². The minimum atomic E-state index is -1.80. The van der Waals surface area contributed by atoms with E-state index in [1.807, 2.05) is 6.26 Å². The Hall–Kier alpha value is -0.603. The Labute approximate surface area is 191 Å². The van der Waals surface area contributed by atoms with Gasteiger partial charge in [-0.3, -0.25) is 0 Å². The standard InChI is InChI=1S/C22H36ClN3O2SSi/c1-9-16-14(2)12-17(28-16)26-13-15(10-11-27-30(7,8)22(3,4)5)18-19(23)24-21(29-6)25-20(18)26/h13-14,16-17H,9-12H2,1-8H3. The van der Waals surface area contributed by atoms with Crippen LogP contribution >= 0.6 is 23.4 Å². The topological polar surface area (TPSA) is 49.2 Å². The molecule has 1 aliphatic heterocycles. The first-order valence-corrected chi connectivity index (χ1v) is 15.4. The fraction of sp³-hybridized carbons (Fsp3) is 0.727. The first-order valence-electron chi connectivity index (χ1n) is 10.9. The summed E-state index contributed by atoms with van der Waals surface area (Å²) in [6.07, 6.45) is 7.21. The summed E-state index contributed by atoms with van der Waals surface area (Å²) in [6, 6.07) is 0. The number of nitrogens with zero attached hydrogens (tertiary/aromatic N) is 3. The summed E-state index contributed by atoms with van der Waals surface area (Å²) in [5.74, 6) is 0.528. The van der Waals surface area contributed by atoms with E-state index in [0.717, 1.165) is 35.9 Å². The van der Waals surface area contributed by atoms with Crippen LogP contribution in [-0.4, -0.2) is 41.8 Å². The van der Waals surface area contributed by atoms with Crippen LogP contribution in [0.3, 0.4) is 0 Å². The van der Waals surface area contributed by atoms with Crippen molar-refractivity contribution in [1.29, 1.82) is 0 Å². The van der Waals surface area contributed by atoms with Gasteiger partial charge in [0.15, 0.2) is 13.5 Å². The molecule has 1 fully saturated rings. The van der Waals surface area contributed by atoms with Crippen LogP contribution < -0.4 is 0 Å². The van der Waals surface area contributed by atoms with Crippen LogP contribution in [0.4, 0.5) is 0 Å². The molecule has 2 aromatic heterocycles. The summed E-state index contributed by atoms with van der Waals surface area (Å²) in [4.78, 5) is 9.30. The predicted octanol–water partition coefficient (Wildman–Crippen LogP) is 6.70. The van der Waals surface area contributed by atoms with Crippen LogP contribution in [0.1, 0.15) is 59.3 Å². The van der Waals surface area contributed by atoms with E-state index in [9.17, 15) is 0 Å². The first kappa shape index (κ1) is 24.0. The Kier molecular flexibility index (Phi) is 7.29. The Bertz CT molecular complexity index is 897. The molecule has 3 rings (SSSR count). The summed E-state index contributed by atoms with van der Waals surface area (Å²) >= 11 is 8.15. The molecule has 0 amide bonds.